The van der Waals surface area contributed by atoms with Gasteiger partial charge in [-0.05, 0) is 18.1 Å². The molecule has 1 aromatic rings. The molecule has 0 spiro atoms. The maximum Gasteiger partial charge on any atom is 0.255 e. The van der Waals surface area contributed by atoms with Crippen molar-refractivity contribution in [2.75, 3.05) is 26.4 Å². The molecule has 18 heavy (non-hydrogen) atoms. The number of fused-ring (bicyclic) bond motifs is 1. The van der Waals surface area contributed by atoms with Crippen LogP contribution >= 0.6 is 0 Å². The van der Waals surface area contributed by atoms with E-state index in [2.05, 4.69) is 5.32 Å². The van der Waals surface area contributed by atoms with Crippen molar-refractivity contribution in [1.29, 1.82) is 0 Å². The molecule has 0 bridgehead atoms. The lowest BCUT2D eigenvalue weighted by Gasteiger charge is -2.20. The highest BCUT2D eigenvalue weighted by Crippen LogP contribution is 2.33. The minimum absolute atomic E-state index is 0.0330. The first-order valence-electron chi connectivity index (χ1n) is 6.00. The van der Waals surface area contributed by atoms with Crippen LogP contribution in [0.15, 0.2) is 18.2 Å². The van der Waals surface area contributed by atoms with E-state index in [1.165, 1.54) is 0 Å². The number of para-hydroxylation sites is 1. The Balaban J connectivity index is 2.10. The first kappa shape index (κ1) is 12.7. The van der Waals surface area contributed by atoms with E-state index in [9.17, 15) is 4.79 Å². The van der Waals surface area contributed by atoms with Crippen LogP contribution in [0, 0.1) is 5.92 Å². The fourth-order valence-corrected chi connectivity index (χ4v) is 1.68. The molecule has 0 fully saturated rings. The Kier molecular flexibility index (Phi) is 4.04. The second-order valence-corrected chi connectivity index (χ2v) is 4.33. The van der Waals surface area contributed by atoms with E-state index in [1.807, 2.05) is 6.92 Å². The lowest BCUT2D eigenvalue weighted by Crippen LogP contribution is -2.30. The highest BCUT2D eigenvalue weighted by atomic mass is 16.6. The fourth-order valence-electron chi connectivity index (χ4n) is 1.68. The molecule has 1 aliphatic heterocycles. The fraction of sp³-hybridized carbons (Fsp3) is 0.462. The van der Waals surface area contributed by atoms with Crippen LogP contribution in [0.5, 0.6) is 11.5 Å². The zero-order valence-corrected chi connectivity index (χ0v) is 10.3. The predicted octanol–water partition coefficient (Wildman–Crippen LogP) is 0.816. The van der Waals surface area contributed by atoms with E-state index in [0.717, 1.165) is 0 Å². The van der Waals surface area contributed by atoms with Crippen molar-refractivity contribution in [3.05, 3.63) is 23.8 Å². The third kappa shape index (κ3) is 2.73. The van der Waals surface area contributed by atoms with Gasteiger partial charge < -0.3 is 19.9 Å². The van der Waals surface area contributed by atoms with Crippen molar-refractivity contribution in [2.45, 2.75) is 6.92 Å². The van der Waals surface area contributed by atoms with E-state index >= 15 is 0 Å². The van der Waals surface area contributed by atoms with Gasteiger partial charge in [-0.25, -0.2) is 0 Å². The number of rotatable bonds is 4. The maximum absolute atomic E-state index is 12.0. The number of carbonyl (C=O) groups excluding carboxylic acids is 1. The van der Waals surface area contributed by atoms with E-state index in [1.54, 1.807) is 18.2 Å². The van der Waals surface area contributed by atoms with Crippen LogP contribution in [0.3, 0.4) is 0 Å². The minimum atomic E-state index is -0.211. The van der Waals surface area contributed by atoms with Gasteiger partial charge in [0.15, 0.2) is 11.5 Å². The van der Waals surface area contributed by atoms with Gasteiger partial charge >= 0.3 is 0 Å². The Labute approximate surface area is 106 Å². The van der Waals surface area contributed by atoms with Gasteiger partial charge in [-0.3, -0.25) is 4.79 Å². The van der Waals surface area contributed by atoms with Crippen molar-refractivity contribution in [1.82, 2.24) is 5.32 Å². The summed E-state index contributed by atoms with van der Waals surface area (Å²) in [5, 5.41) is 11.7. The average Bonchev–Trinajstić information content (AvgIpc) is 2.43. The molecule has 1 unspecified atom stereocenters. The number of amides is 1. The number of hydrogen-bond donors (Lipinski definition) is 2. The largest absolute Gasteiger partial charge is 0.486 e. The van der Waals surface area contributed by atoms with Crippen molar-refractivity contribution in [2.24, 2.45) is 5.92 Å². The number of aliphatic hydroxyl groups is 1. The summed E-state index contributed by atoms with van der Waals surface area (Å²) in [5.74, 6) is 0.922. The van der Waals surface area contributed by atoms with Gasteiger partial charge in [0.1, 0.15) is 13.2 Å². The summed E-state index contributed by atoms with van der Waals surface area (Å²) in [4.78, 5) is 12.0. The number of benzene rings is 1. The SMILES string of the molecule is CC(CO)CNC(=O)c1cccc2c1OCCO2. The maximum atomic E-state index is 12.0. The molecule has 0 aromatic heterocycles. The minimum Gasteiger partial charge on any atom is -0.486 e. The molecule has 0 radical (unpaired) electrons. The Morgan fingerprint density at radius 2 is 2.22 bits per heavy atom. The van der Waals surface area contributed by atoms with Crippen LogP contribution in [0.25, 0.3) is 0 Å². The number of ether oxygens (including phenoxy) is 2. The molecule has 1 heterocycles. The molecule has 2 N–H and O–H groups in total. The van der Waals surface area contributed by atoms with Crippen LogP contribution < -0.4 is 14.8 Å². The second-order valence-electron chi connectivity index (χ2n) is 4.33. The molecule has 1 aromatic carbocycles. The summed E-state index contributed by atoms with van der Waals surface area (Å²) < 4.78 is 10.9. The van der Waals surface area contributed by atoms with Crippen LogP contribution in [0.4, 0.5) is 0 Å². The summed E-state index contributed by atoms with van der Waals surface area (Å²) >= 11 is 0. The third-order valence-corrected chi connectivity index (χ3v) is 2.73. The van der Waals surface area contributed by atoms with Gasteiger partial charge in [-0.1, -0.05) is 13.0 Å². The van der Waals surface area contributed by atoms with Crippen LogP contribution in [-0.2, 0) is 0 Å². The zero-order chi connectivity index (χ0) is 13.0. The normalized spacial score (nSPS) is 15.0. The van der Waals surface area contributed by atoms with Gasteiger partial charge in [0.25, 0.3) is 5.91 Å². The number of carbonyl (C=O) groups is 1. The highest BCUT2D eigenvalue weighted by Gasteiger charge is 2.20. The first-order chi connectivity index (χ1) is 8.72. The predicted molar refractivity (Wildman–Crippen MR) is 66.0 cm³/mol. The Hall–Kier alpha value is -1.75. The Morgan fingerprint density at radius 1 is 1.44 bits per heavy atom. The smallest absolute Gasteiger partial charge is 0.255 e. The van der Waals surface area contributed by atoms with Crippen molar-refractivity contribution >= 4 is 5.91 Å². The van der Waals surface area contributed by atoms with Gasteiger partial charge in [0.05, 0.1) is 5.56 Å². The third-order valence-electron chi connectivity index (χ3n) is 2.73. The Morgan fingerprint density at radius 3 is 3.00 bits per heavy atom. The van der Waals surface area contributed by atoms with E-state index in [4.69, 9.17) is 14.6 Å². The number of aliphatic hydroxyl groups excluding tert-OH is 1. The monoisotopic (exact) mass is 251 g/mol. The summed E-state index contributed by atoms with van der Waals surface area (Å²) in [5.41, 5.74) is 0.470. The highest BCUT2D eigenvalue weighted by molar-refractivity contribution is 5.97. The molecular weight excluding hydrogens is 234 g/mol. The standard InChI is InChI=1S/C13H17NO4/c1-9(8-15)7-14-13(16)10-3-2-4-11-12(10)18-6-5-17-11/h2-4,9,15H,5-8H2,1H3,(H,14,16). The zero-order valence-electron chi connectivity index (χ0n) is 10.3. The second kappa shape index (κ2) is 5.73. The van der Waals surface area contributed by atoms with E-state index in [-0.39, 0.29) is 18.4 Å². The molecule has 0 saturated carbocycles. The molecule has 0 saturated heterocycles. The summed E-state index contributed by atoms with van der Waals surface area (Å²) in [7, 11) is 0. The molecular formula is C13H17NO4. The van der Waals surface area contributed by atoms with Gasteiger partial charge in [0.2, 0.25) is 0 Å². The molecule has 5 heteroatoms. The Bertz CT molecular complexity index is 433. The van der Waals surface area contributed by atoms with Crippen molar-refractivity contribution in [3.8, 4) is 11.5 Å². The molecule has 2 rings (SSSR count). The molecule has 98 valence electrons. The molecule has 5 nitrogen and oxygen atoms in total. The molecule has 1 amide bonds. The van der Waals surface area contributed by atoms with Crippen molar-refractivity contribution in [3.63, 3.8) is 0 Å². The van der Waals surface area contributed by atoms with Crippen LogP contribution in [0.2, 0.25) is 0 Å². The summed E-state index contributed by atoms with van der Waals surface area (Å²) in [6.07, 6.45) is 0. The van der Waals surface area contributed by atoms with Crippen LogP contribution in [0.1, 0.15) is 17.3 Å². The number of hydrogen-bond acceptors (Lipinski definition) is 4. The van der Waals surface area contributed by atoms with E-state index in [0.29, 0.717) is 36.8 Å². The lowest BCUT2D eigenvalue weighted by molar-refractivity contribution is 0.0931. The molecule has 1 aliphatic rings. The van der Waals surface area contributed by atoms with Gasteiger partial charge in [-0.2, -0.15) is 0 Å². The van der Waals surface area contributed by atoms with Gasteiger partial charge in [-0.15, -0.1) is 0 Å². The lowest BCUT2D eigenvalue weighted by atomic mass is 10.1. The van der Waals surface area contributed by atoms with Crippen molar-refractivity contribution < 1.29 is 19.4 Å². The summed E-state index contributed by atoms with van der Waals surface area (Å²) in [6, 6.07) is 5.24. The molecule has 1 atom stereocenters. The van der Waals surface area contributed by atoms with Gasteiger partial charge in [0, 0.05) is 13.2 Å². The quantitative estimate of drug-likeness (QED) is 0.831. The van der Waals surface area contributed by atoms with E-state index < -0.39 is 0 Å². The summed E-state index contributed by atoms with van der Waals surface area (Å²) in [6.45, 7) is 3.29. The average molecular weight is 251 g/mol. The molecule has 0 aliphatic carbocycles. The first-order valence-corrected chi connectivity index (χ1v) is 6.00. The number of nitrogens with one attached hydrogen (secondary N) is 1. The van der Waals surface area contributed by atoms with Crippen LogP contribution in [-0.4, -0.2) is 37.4 Å². The topological polar surface area (TPSA) is 67.8 Å².